The van der Waals surface area contributed by atoms with Crippen molar-refractivity contribution in [3.05, 3.63) is 16.3 Å². The number of H-pyrrole nitrogens is 2. The average Bonchev–Trinajstić information content (AvgIpc) is 3.01. The van der Waals surface area contributed by atoms with Gasteiger partial charge < -0.3 is 10.2 Å². The van der Waals surface area contributed by atoms with Gasteiger partial charge in [-0.25, -0.2) is 9.89 Å². The lowest BCUT2D eigenvalue weighted by atomic mass is 9.87. The van der Waals surface area contributed by atoms with E-state index < -0.39 is 0 Å². The molecule has 2 fully saturated rings. The number of nitrogens with zero attached hydrogens (tertiary/aromatic N) is 2. The van der Waals surface area contributed by atoms with E-state index in [9.17, 15) is 14.4 Å². The summed E-state index contributed by atoms with van der Waals surface area (Å²) in [5.74, 6) is 0.885. The van der Waals surface area contributed by atoms with Crippen LogP contribution < -0.4 is 11.0 Å². The number of hydrogen-bond acceptors (Lipinski definition) is 4. The summed E-state index contributed by atoms with van der Waals surface area (Å²) >= 11 is 0. The van der Waals surface area contributed by atoms with Gasteiger partial charge in [-0.05, 0) is 25.2 Å². The Bertz CT molecular complexity index is 632. The summed E-state index contributed by atoms with van der Waals surface area (Å²) in [7, 11) is 0. The highest BCUT2D eigenvalue weighted by atomic mass is 16.2. The third-order valence-electron chi connectivity index (χ3n) is 5.05. The van der Waals surface area contributed by atoms with Gasteiger partial charge in [0.05, 0.1) is 12.5 Å². The van der Waals surface area contributed by atoms with E-state index >= 15 is 0 Å². The monoisotopic (exact) mass is 335 g/mol. The van der Waals surface area contributed by atoms with E-state index in [1.54, 1.807) is 0 Å². The summed E-state index contributed by atoms with van der Waals surface area (Å²) < 4.78 is 0. The molecule has 3 rings (SSSR count). The highest BCUT2D eigenvalue weighted by Crippen LogP contribution is 2.27. The number of aromatic amines is 2. The fourth-order valence-electron chi connectivity index (χ4n) is 3.69. The number of carbonyl (C=O) groups excluding carboxylic acids is 2. The molecule has 1 saturated heterocycles. The fraction of sp³-hybridized carbons (Fsp3) is 0.750. The quantitative estimate of drug-likeness (QED) is 0.729. The van der Waals surface area contributed by atoms with E-state index in [1.165, 1.54) is 32.1 Å². The Balaban J connectivity index is 1.50. The normalized spacial score (nSPS) is 22.6. The van der Waals surface area contributed by atoms with Crippen LogP contribution >= 0.6 is 0 Å². The van der Waals surface area contributed by atoms with E-state index in [4.69, 9.17) is 0 Å². The number of carbonyl (C=O) groups is 2. The van der Waals surface area contributed by atoms with Gasteiger partial charge in [-0.3, -0.25) is 14.6 Å². The number of nitrogens with one attached hydrogen (secondary N) is 3. The maximum absolute atomic E-state index is 12.3. The third kappa shape index (κ3) is 4.24. The van der Waals surface area contributed by atoms with Gasteiger partial charge in [-0.1, -0.05) is 19.3 Å². The Morgan fingerprint density at radius 3 is 2.71 bits per heavy atom. The number of aromatic nitrogens is 3. The number of amides is 2. The number of hydrogen-bond donors (Lipinski definition) is 3. The van der Waals surface area contributed by atoms with Crippen molar-refractivity contribution in [2.75, 3.05) is 13.1 Å². The standard InChI is InChI=1S/C16H25N5O3/c22-14-7-6-12(10-21(14)9-11-4-2-1-3-5-11)15(23)17-8-13-18-16(24)20-19-13/h11-12H,1-10H2,(H,17,23)(H2,18,19,20,24). The van der Waals surface area contributed by atoms with Gasteiger partial charge in [0.25, 0.3) is 0 Å². The second-order valence-electron chi connectivity index (χ2n) is 6.88. The summed E-state index contributed by atoms with van der Waals surface area (Å²) in [5, 5.41) is 8.82. The summed E-state index contributed by atoms with van der Waals surface area (Å²) in [6, 6.07) is 0. The first-order valence-corrected chi connectivity index (χ1v) is 8.81. The molecule has 8 nitrogen and oxygen atoms in total. The van der Waals surface area contributed by atoms with Crippen molar-refractivity contribution < 1.29 is 9.59 Å². The van der Waals surface area contributed by atoms with Gasteiger partial charge in [0.2, 0.25) is 11.8 Å². The molecule has 2 heterocycles. The van der Waals surface area contributed by atoms with E-state index in [2.05, 4.69) is 20.5 Å². The van der Waals surface area contributed by atoms with Gasteiger partial charge >= 0.3 is 5.69 Å². The van der Waals surface area contributed by atoms with Crippen molar-refractivity contribution in [2.45, 2.75) is 51.5 Å². The maximum atomic E-state index is 12.3. The zero-order valence-electron chi connectivity index (χ0n) is 13.8. The van der Waals surface area contributed by atoms with E-state index in [0.717, 1.165) is 6.54 Å². The van der Waals surface area contributed by atoms with Gasteiger partial charge in [0, 0.05) is 19.5 Å². The van der Waals surface area contributed by atoms with Crippen LogP contribution in [0.1, 0.15) is 50.8 Å². The Labute approximate surface area is 140 Å². The van der Waals surface area contributed by atoms with Gasteiger partial charge in [-0.2, -0.15) is 5.10 Å². The molecule has 0 spiro atoms. The highest BCUT2D eigenvalue weighted by molar-refractivity contribution is 5.83. The average molecular weight is 335 g/mol. The minimum atomic E-state index is -0.388. The molecular formula is C16H25N5O3. The molecule has 1 unspecified atom stereocenters. The molecule has 1 saturated carbocycles. The topological polar surface area (TPSA) is 111 Å². The van der Waals surface area contributed by atoms with E-state index in [1.807, 2.05) is 4.90 Å². The molecule has 8 heteroatoms. The molecule has 132 valence electrons. The van der Waals surface area contributed by atoms with Crippen LogP contribution in [0.4, 0.5) is 0 Å². The summed E-state index contributed by atoms with van der Waals surface area (Å²) in [6.45, 7) is 1.47. The van der Waals surface area contributed by atoms with Crippen LogP contribution in [0.25, 0.3) is 0 Å². The highest BCUT2D eigenvalue weighted by Gasteiger charge is 2.31. The number of likely N-dealkylation sites (tertiary alicyclic amines) is 1. The predicted octanol–water partition coefficient (Wildman–Crippen LogP) is 0.533. The smallest absolute Gasteiger partial charge is 0.340 e. The second kappa shape index (κ2) is 7.63. The first kappa shape index (κ1) is 16.7. The Hall–Kier alpha value is -2.12. The zero-order valence-corrected chi connectivity index (χ0v) is 13.8. The molecule has 24 heavy (non-hydrogen) atoms. The molecule has 3 N–H and O–H groups in total. The van der Waals surface area contributed by atoms with Gasteiger partial charge in [-0.15, -0.1) is 0 Å². The van der Waals surface area contributed by atoms with Crippen molar-refractivity contribution >= 4 is 11.8 Å². The molecular weight excluding hydrogens is 310 g/mol. The zero-order chi connectivity index (χ0) is 16.9. The van der Waals surface area contributed by atoms with Gasteiger partial charge in [0.1, 0.15) is 5.82 Å². The second-order valence-corrected chi connectivity index (χ2v) is 6.88. The van der Waals surface area contributed by atoms with Crippen LogP contribution in [0.2, 0.25) is 0 Å². The van der Waals surface area contributed by atoms with E-state index in [0.29, 0.717) is 31.1 Å². The first-order chi connectivity index (χ1) is 11.6. The lowest BCUT2D eigenvalue weighted by molar-refractivity contribution is -0.139. The van der Waals surface area contributed by atoms with Crippen molar-refractivity contribution in [3.63, 3.8) is 0 Å². The molecule has 2 aliphatic rings. The lowest BCUT2D eigenvalue weighted by Gasteiger charge is -2.35. The van der Waals surface area contributed by atoms with Gasteiger partial charge in [0.15, 0.2) is 0 Å². The van der Waals surface area contributed by atoms with Crippen LogP contribution in [0.3, 0.4) is 0 Å². The van der Waals surface area contributed by atoms with Crippen molar-refractivity contribution in [3.8, 4) is 0 Å². The Morgan fingerprint density at radius 2 is 2.00 bits per heavy atom. The minimum Gasteiger partial charge on any atom is -0.349 e. The summed E-state index contributed by atoms with van der Waals surface area (Å²) in [4.78, 5) is 39.9. The molecule has 1 aromatic rings. The Morgan fingerprint density at radius 1 is 1.21 bits per heavy atom. The molecule has 1 aliphatic heterocycles. The molecule has 0 aromatic carbocycles. The summed E-state index contributed by atoms with van der Waals surface area (Å²) in [5.41, 5.74) is -0.388. The van der Waals surface area contributed by atoms with Crippen LogP contribution in [0, 0.1) is 11.8 Å². The van der Waals surface area contributed by atoms with Crippen molar-refractivity contribution in [2.24, 2.45) is 11.8 Å². The molecule has 1 aliphatic carbocycles. The minimum absolute atomic E-state index is 0.0833. The van der Waals surface area contributed by atoms with E-state index in [-0.39, 0.29) is 30.0 Å². The summed E-state index contributed by atoms with van der Waals surface area (Å²) in [6.07, 6.45) is 7.19. The number of piperidine rings is 1. The molecule has 2 amide bonds. The first-order valence-electron chi connectivity index (χ1n) is 8.81. The predicted molar refractivity (Wildman–Crippen MR) is 86.9 cm³/mol. The largest absolute Gasteiger partial charge is 0.349 e. The number of rotatable bonds is 5. The van der Waals surface area contributed by atoms with Crippen LogP contribution in [0.5, 0.6) is 0 Å². The van der Waals surface area contributed by atoms with Crippen molar-refractivity contribution in [1.29, 1.82) is 0 Å². The maximum Gasteiger partial charge on any atom is 0.340 e. The van der Waals surface area contributed by atoms with Crippen molar-refractivity contribution in [1.82, 2.24) is 25.4 Å². The fourth-order valence-corrected chi connectivity index (χ4v) is 3.69. The van der Waals surface area contributed by atoms with Crippen LogP contribution in [-0.4, -0.2) is 45.0 Å². The SMILES string of the molecule is O=C(NCc1n[nH]c(=O)[nH]1)C1CCC(=O)N(CC2CCCCC2)C1. The van der Waals surface area contributed by atoms with Crippen LogP contribution in [-0.2, 0) is 16.1 Å². The lowest BCUT2D eigenvalue weighted by Crippen LogP contribution is -2.47. The van der Waals surface area contributed by atoms with Crippen LogP contribution in [0.15, 0.2) is 4.79 Å². The Kier molecular flexibility index (Phi) is 5.32. The third-order valence-corrected chi connectivity index (χ3v) is 5.05. The molecule has 1 aromatic heterocycles. The molecule has 0 bridgehead atoms. The molecule has 1 atom stereocenters. The molecule has 0 radical (unpaired) electrons.